The molecule has 0 atom stereocenters. The van der Waals surface area contributed by atoms with Gasteiger partial charge in [0.1, 0.15) is 5.82 Å². The fourth-order valence-electron chi connectivity index (χ4n) is 3.20. The van der Waals surface area contributed by atoms with E-state index in [0.29, 0.717) is 31.7 Å². The largest absolute Gasteiger partial charge is 0.334 e. The summed E-state index contributed by atoms with van der Waals surface area (Å²) in [4.78, 5) is 16.8. The number of nitro benzene ring substituents is 1. The lowest BCUT2D eigenvalue weighted by Gasteiger charge is -2.34. The molecule has 0 N–H and O–H groups in total. The summed E-state index contributed by atoms with van der Waals surface area (Å²) in [5.41, 5.74) is 0.298. The average Bonchev–Trinajstić information content (AvgIpc) is 3.05. The normalized spacial score (nSPS) is 16.5. The molecule has 3 rings (SSSR count). The number of nitro groups is 1. The highest BCUT2D eigenvalue weighted by Gasteiger charge is 2.30. The van der Waals surface area contributed by atoms with Crippen LogP contribution in [-0.2, 0) is 16.6 Å². The van der Waals surface area contributed by atoms with Crippen LogP contribution in [0.4, 0.5) is 5.69 Å². The van der Waals surface area contributed by atoms with Crippen molar-refractivity contribution in [1.29, 1.82) is 0 Å². The molecule has 0 aliphatic carbocycles. The van der Waals surface area contributed by atoms with Crippen molar-refractivity contribution in [2.75, 3.05) is 32.7 Å². The Labute approximate surface area is 158 Å². The molecule has 27 heavy (non-hydrogen) atoms. The van der Waals surface area contributed by atoms with Gasteiger partial charge in [-0.3, -0.25) is 15.0 Å². The molecule has 1 saturated heterocycles. The van der Waals surface area contributed by atoms with Gasteiger partial charge in [0.05, 0.1) is 9.82 Å². The quantitative estimate of drug-likeness (QED) is 0.543. The van der Waals surface area contributed by atoms with Gasteiger partial charge in [0.25, 0.3) is 5.69 Å². The minimum Gasteiger partial charge on any atom is -0.334 e. The highest BCUT2D eigenvalue weighted by Crippen LogP contribution is 2.25. The minimum atomic E-state index is -3.75. The van der Waals surface area contributed by atoms with E-state index < -0.39 is 14.9 Å². The molecule has 0 spiro atoms. The number of aryl methyl sites for hydroxylation is 2. The summed E-state index contributed by atoms with van der Waals surface area (Å²) in [6.07, 6.45) is 3.70. The summed E-state index contributed by atoms with van der Waals surface area (Å²) in [6.45, 7) is 7.22. The molecule has 2 aromatic rings. The Morgan fingerprint density at radius 3 is 2.44 bits per heavy atom. The molecule has 0 unspecified atom stereocenters. The summed E-state index contributed by atoms with van der Waals surface area (Å²) >= 11 is 0. The van der Waals surface area contributed by atoms with Gasteiger partial charge in [-0.05, 0) is 19.4 Å². The number of non-ortho nitro benzene ring substituents is 1. The first-order valence-corrected chi connectivity index (χ1v) is 10.2. The summed E-state index contributed by atoms with van der Waals surface area (Å²) in [5.74, 6) is 0.956. The monoisotopic (exact) mass is 393 g/mol. The number of benzene rings is 1. The van der Waals surface area contributed by atoms with Crippen molar-refractivity contribution >= 4 is 15.7 Å². The Morgan fingerprint density at radius 1 is 1.15 bits per heavy atom. The minimum absolute atomic E-state index is 0.0131. The van der Waals surface area contributed by atoms with Crippen molar-refractivity contribution in [3.8, 4) is 0 Å². The second-order valence-corrected chi connectivity index (χ2v) is 8.53. The first-order valence-electron chi connectivity index (χ1n) is 8.74. The van der Waals surface area contributed by atoms with E-state index >= 15 is 0 Å². The number of aromatic nitrogens is 2. The molecular formula is C17H23N5O4S. The Bertz CT molecular complexity index is 933. The second kappa shape index (κ2) is 7.75. The number of sulfonamides is 1. The fourth-order valence-corrected chi connectivity index (χ4v) is 4.87. The molecule has 1 aliphatic rings. The van der Waals surface area contributed by atoms with Crippen LogP contribution in [0.1, 0.15) is 11.4 Å². The molecule has 0 radical (unpaired) electrons. The zero-order valence-electron chi connectivity index (χ0n) is 15.4. The Kier molecular flexibility index (Phi) is 5.59. The third-order valence-corrected chi connectivity index (χ3v) is 6.95. The number of nitrogens with zero attached hydrogens (tertiary/aromatic N) is 5. The molecule has 1 aliphatic heterocycles. The number of hydrogen-bond acceptors (Lipinski definition) is 6. The number of rotatable bonds is 6. The maximum atomic E-state index is 13.0. The van der Waals surface area contributed by atoms with E-state index in [9.17, 15) is 18.5 Å². The maximum absolute atomic E-state index is 13.0. The third kappa shape index (κ3) is 4.18. The van der Waals surface area contributed by atoms with Crippen molar-refractivity contribution in [2.45, 2.75) is 25.3 Å². The first kappa shape index (κ1) is 19.5. The molecule has 1 fully saturated rings. The molecule has 146 valence electrons. The predicted octanol–water partition coefficient (Wildman–Crippen LogP) is 1.41. The summed E-state index contributed by atoms with van der Waals surface area (Å²) in [7, 11) is -3.75. The Hall–Kier alpha value is -2.30. The van der Waals surface area contributed by atoms with Crippen LogP contribution in [-0.4, -0.2) is 64.8 Å². The van der Waals surface area contributed by atoms with E-state index in [0.717, 1.165) is 25.0 Å². The van der Waals surface area contributed by atoms with Gasteiger partial charge < -0.3 is 4.57 Å². The number of hydrogen-bond donors (Lipinski definition) is 0. The topological polar surface area (TPSA) is 102 Å². The van der Waals surface area contributed by atoms with Crippen LogP contribution < -0.4 is 0 Å². The second-order valence-electron chi connectivity index (χ2n) is 6.62. The summed E-state index contributed by atoms with van der Waals surface area (Å²) in [5, 5.41) is 11.0. The lowest BCUT2D eigenvalue weighted by Crippen LogP contribution is -2.49. The van der Waals surface area contributed by atoms with Crippen molar-refractivity contribution < 1.29 is 13.3 Å². The number of imidazole rings is 1. The molecule has 0 saturated carbocycles. The van der Waals surface area contributed by atoms with Gasteiger partial charge in [-0.25, -0.2) is 13.4 Å². The maximum Gasteiger partial charge on any atom is 0.270 e. The molecule has 1 aromatic heterocycles. The van der Waals surface area contributed by atoms with E-state index in [1.807, 2.05) is 13.1 Å². The zero-order valence-corrected chi connectivity index (χ0v) is 16.2. The highest BCUT2D eigenvalue weighted by molar-refractivity contribution is 7.89. The summed E-state index contributed by atoms with van der Waals surface area (Å²) < 4.78 is 29.4. The van der Waals surface area contributed by atoms with Gasteiger partial charge in [0, 0.05) is 63.8 Å². The Morgan fingerprint density at radius 2 is 1.85 bits per heavy atom. The van der Waals surface area contributed by atoms with E-state index in [-0.39, 0.29) is 10.6 Å². The van der Waals surface area contributed by atoms with Gasteiger partial charge >= 0.3 is 0 Å². The highest BCUT2D eigenvalue weighted by atomic mass is 32.2. The predicted molar refractivity (Wildman–Crippen MR) is 100.0 cm³/mol. The van der Waals surface area contributed by atoms with Crippen molar-refractivity contribution in [1.82, 2.24) is 18.8 Å². The van der Waals surface area contributed by atoms with Crippen molar-refractivity contribution in [3.63, 3.8) is 0 Å². The number of piperazine rings is 1. The zero-order chi connectivity index (χ0) is 19.6. The molecule has 1 aromatic carbocycles. The van der Waals surface area contributed by atoms with Crippen LogP contribution in [0.25, 0.3) is 0 Å². The van der Waals surface area contributed by atoms with Crippen LogP contribution >= 0.6 is 0 Å². The van der Waals surface area contributed by atoms with Gasteiger partial charge in [0.15, 0.2) is 0 Å². The standard InChI is InChI=1S/C17H23N5O4S/c1-14-3-4-16(22(23)24)13-17(14)27(25,26)21-11-8-19(9-12-21)7-10-20-6-5-18-15(20)2/h3-6,13H,7-12H2,1-2H3. The van der Waals surface area contributed by atoms with E-state index in [4.69, 9.17) is 0 Å². The molecule has 9 nitrogen and oxygen atoms in total. The van der Waals surface area contributed by atoms with Crippen LogP contribution in [0.5, 0.6) is 0 Å². The van der Waals surface area contributed by atoms with Crippen LogP contribution in [0.3, 0.4) is 0 Å². The van der Waals surface area contributed by atoms with E-state index in [2.05, 4.69) is 14.5 Å². The lowest BCUT2D eigenvalue weighted by atomic mass is 10.2. The van der Waals surface area contributed by atoms with Gasteiger partial charge in [0.2, 0.25) is 10.0 Å². The first-order chi connectivity index (χ1) is 12.8. The summed E-state index contributed by atoms with van der Waals surface area (Å²) in [6, 6.07) is 3.96. The van der Waals surface area contributed by atoms with Crippen molar-refractivity contribution in [3.05, 3.63) is 52.1 Å². The smallest absolute Gasteiger partial charge is 0.270 e. The average molecular weight is 393 g/mol. The van der Waals surface area contributed by atoms with Crippen molar-refractivity contribution in [2.24, 2.45) is 0 Å². The van der Waals surface area contributed by atoms with E-state index in [1.165, 1.54) is 16.4 Å². The molecule has 2 heterocycles. The van der Waals surface area contributed by atoms with Gasteiger partial charge in [-0.2, -0.15) is 4.31 Å². The van der Waals surface area contributed by atoms with E-state index in [1.54, 1.807) is 13.1 Å². The van der Waals surface area contributed by atoms with Crippen LogP contribution in [0.2, 0.25) is 0 Å². The molecule has 0 amide bonds. The van der Waals surface area contributed by atoms with Gasteiger partial charge in [-0.1, -0.05) is 6.07 Å². The molecule has 10 heteroatoms. The fraction of sp³-hybridized carbons (Fsp3) is 0.471. The lowest BCUT2D eigenvalue weighted by molar-refractivity contribution is -0.385. The molecule has 0 bridgehead atoms. The van der Waals surface area contributed by atoms with Crippen LogP contribution in [0.15, 0.2) is 35.5 Å². The van der Waals surface area contributed by atoms with Gasteiger partial charge in [-0.15, -0.1) is 0 Å². The molecular weight excluding hydrogens is 370 g/mol. The SMILES string of the molecule is Cc1ccc([N+](=O)[O-])cc1S(=O)(=O)N1CCN(CCn2ccnc2C)CC1. The van der Waals surface area contributed by atoms with Crippen LogP contribution in [0, 0.1) is 24.0 Å². The Balaban J connectivity index is 1.65. The third-order valence-electron chi connectivity index (χ3n) is 4.91.